The summed E-state index contributed by atoms with van der Waals surface area (Å²) in [5, 5.41) is 2.51. The monoisotopic (exact) mass is 465 g/mol. The van der Waals surface area contributed by atoms with E-state index in [-0.39, 0.29) is 0 Å². The number of aryl methyl sites for hydroxylation is 2. The van der Waals surface area contributed by atoms with Crippen molar-refractivity contribution in [2.45, 2.75) is 51.4 Å². The van der Waals surface area contributed by atoms with E-state index in [0.29, 0.717) is 5.31 Å². The van der Waals surface area contributed by atoms with Crippen molar-refractivity contribution in [2.24, 2.45) is 0 Å². The Balaban J connectivity index is 1.63. The highest BCUT2D eigenvalue weighted by molar-refractivity contribution is 7.64. The van der Waals surface area contributed by atoms with Crippen molar-refractivity contribution in [2.75, 3.05) is 38.2 Å². The first-order valence-corrected chi connectivity index (χ1v) is 14.0. The third-order valence-electron chi connectivity index (χ3n) is 8.19. The summed E-state index contributed by atoms with van der Waals surface area (Å²) in [7, 11) is -2.69. The van der Waals surface area contributed by atoms with Crippen molar-refractivity contribution in [3.05, 3.63) is 50.5 Å². The molecule has 0 aliphatic carbocycles. The fourth-order valence-electron chi connectivity index (χ4n) is 6.89. The molecule has 172 valence electrons. The quantitative estimate of drug-likeness (QED) is 0.546. The summed E-state index contributed by atoms with van der Waals surface area (Å²) in [5.41, 5.74) is 7.06. The van der Waals surface area contributed by atoms with E-state index in [4.69, 9.17) is 9.26 Å². The maximum atomic E-state index is 13.6. The fourth-order valence-corrected chi connectivity index (χ4v) is 8.01. The summed E-state index contributed by atoms with van der Waals surface area (Å²) in [6.45, 7) is 4.32. The highest BCUT2D eigenvalue weighted by atomic mass is 31.2. The SMILES string of the molecule is COP(=O)(O)C1=c2cc3c4c(c2Oc2c1cc1c5c2CCCN5CCC1)CCC[N+]=4CCC3. The number of hydrogen-bond acceptors (Lipinski definition) is 4. The second-order valence-corrected chi connectivity index (χ2v) is 11.9. The summed E-state index contributed by atoms with van der Waals surface area (Å²) in [5.74, 6) is 1.58. The number of hydrogen-bond donors (Lipinski definition) is 1. The van der Waals surface area contributed by atoms with Crippen LogP contribution in [0.5, 0.6) is 11.5 Å². The molecule has 2 aromatic carbocycles. The standard InChI is InChI=1S/C26H29N2O4P/c1-31-33(29,30)26-20-14-16-6-2-10-27-12-4-8-18(22(16)27)24(20)32-25-19-9-5-13-28-11-3-7-17(23(19)28)15-21(25)26/h14-15H,2-13H2,1H3/p+1. The second-order valence-electron chi connectivity index (χ2n) is 10.0. The Morgan fingerprint density at radius 3 is 2.52 bits per heavy atom. The van der Waals surface area contributed by atoms with Gasteiger partial charge in [-0.1, -0.05) is 0 Å². The van der Waals surface area contributed by atoms with Crippen LogP contribution < -0.4 is 24.8 Å². The van der Waals surface area contributed by atoms with Gasteiger partial charge in [0, 0.05) is 60.6 Å². The Hall–Kier alpha value is -2.14. The molecule has 0 amide bonds. The highest BCUT2D eigenvalue weighted by Gasteiger charge is 2.40. The molecule has 2 aromatic rings. The number of rotatable bonds is 2. The normalized spacial score (nSPS) is 21.9. The van der Waals surface area contributed by atoms with Crippen LogP contribution in [0.4, 0.5) is 5.69 Å². The van der Waals surface area contributed by atoms with Crippen molar-refractivity contribution in [1.82, 2.24) is 4.58 Å². The van der Waals surface area contributed by atoms with Gasteiger partial charge in [-0.2, -0.15) is 0 Å². The van der Waals surface area contributed by atoms with Gasteiger partial charge in [0.05, 0.1) is 10.9 Å². The minimum atomic E-state index is -4.03. The van der Waals surface area contributed by atoms with Crippen molar-refractivity contribution < 1.29 is 18.7 Å². The average Bonchev–Trinajstić information content (AvgIpc) is 2.84. The minimum absolute atomic E-state index is 0.435. The molecule has 1 unspecified atom stereocenters. The third-order valence-corrected chi connectivity index (χ3v) is 9.73. The minimum Gasteiger partial charge on any atom is -0.455 e. The van der Waals surface area contributed by atoms with Gasteiger partial charge < -0.3 is 19.1 Å². The van der Waals surface area contributed by atoms with E-state index >= 15 is 0 Å². The topological polar surface area (TPSA) is 62.0 Å². The lowest BCUT2D eigenvalue weighted by Gasteiger charge is -2.39. The Morgan fingerprint density at radius 1 is 0.970 bits per heavy atom. The molecular weight excluding hydrogens is 435 g/mol. The van der Waals surface area contributed by atoms with Crippen LogP contribution in [-0.2, 0) is 34.8 Å². The van der Waals surface area contributed by atoms with Crippen LogP contribution in [0.1, 0.15) is 53.5 Å². The van der Waals surface area contributed by atoms with E-state index in [1.165, 1.54) is 40.4 Å². The lowest BCUT2D eigenvalue weighted by molar-refractivity contribution is 0.328. The smallest absolute Gasteiger partial charge is 0.360 e. The summed E-state index contributed by atoms with van der Waals surface area (Å²) >= 11 is 0. The number of nitrogens with zero attached hydrogens (tertiary/aromatic N) is 2. The fraction of sp³-hybridized carbons (Fsp3) is 0.500. The van der Waals surface area contributed by atoms with E-state index in [1.54, 1.807) is 0 Å². The van der Waals surface area contributed by atoms with Crippen LogP contribution in [0, 0.1) is 0 Å². The molecule has 1 atom stereocenters. The second kappa shape index (κ2) is 7.18. The van der Waals surface area contributed by atoms with Crippen molar-refractivity contribution in [3.63, 3.8) is 0 Å². The van der Waals surface area contributed by atoms with Gasteiger partial charge in [0.15, 0.2) is 0 Å². The molecule has 0 bridgehead atoms. The van der Waals surface area contributed by atoms with E-state index < -0.39 is 7.60 Å². The average molecular weight is 466 g/mol. The molecule has 5 aliphatic heterocycles. The zero-order valence-corrected chi connectivity index (χ0v) is 20.0. The summed E-state index contributed by atoms with van der Waals surface area (Å²) in [6.07, 6.45) is 8.29. The molecule has 0 fully saturated rings. The Morgan fingerprint density at radius 2 is 1.70 bits per heavy atom. The molecule has 0 aromatic heterocycles. The molecule has 5 heterocycles. The predicted molar refractivity (Wildman–Crippen MR) is 128 cm³/mol. The molecule has 5 aliphatic rings. The molecular formula is C26H30N2O4P+. The number of fused-ring (bicyclic) bond motifs is 4. The summed E-state index contributed by atoms with van der Waals surface area (Å²) < 4.78 is 28.2. The van der Waals surface area contributed by atoms with Gasteiger partial charge in [0.2, 0.25) is 5.36 Å². The first-order chi connectivity index (χ1) is 16.1. The zero-order valence-electron chi connectivity index (χ0n) is 19.2. The zero-order chi connectivity index (χ0) is 22.3. The van der Waals surface area contributed by atoms with E-state index in [9.17, 15) is 9.46 Å². The lowest BCUT2D eigenvalue weighted by Crippen LogP contribution is -2.45. The summed E-state index contributed by atoms with van der Waals surface area (Å²) in [6, 6.07) is 4.26. The molecule has 0 saturated carbocycles. The van der Waals surface area contributed by atoms with Gasteiger partial charge in [0.1, 0.15) is 24.6 Å². The largest absolute Gasteiger partial charge is 0.455 e. The Bertz CT molecular complexity index is 1390. The van der Waals surface area contributed by atoms with Crippen LogP contribution in [0.3, 0.4) is 0 Å². The van der Waals surface area contributed by atoms with Crippen LogP contribution >= 0.6 is 7.60 Å². The number of benzene rings is 2. The van der Waals surface area contributed by atoms with Crippen LogP contribution in [0.2, 0.25) is 0 Å². The molecule has 6 nitrogen and oxygen atoms in total. The van der Waals surface area contributed by atoms with Gasteiger partial charge in [-0.25, -0.2) is 4.58 Å². The molecule has 33 heavy (non-hydrogen) atoms. The molecule has 1 N–H and O–H groups in total. The molecule has 7 heteroatoms. The first kappa shape index (κ1) is 20.3. The molecule has 0 spiro atoms. The maximum Gasteiger partial charge on any atom is 0.360 e. The molecule has 0 saturated heterocycles. The van der Waals surface area contributed by atoms with Crippen molar-refractivity contribution in [3.8, 4) is 11.5 Å². The Labute approximate surface area is 193 Å². The van der Waals surface area contributed by atoms with Crippen LogP contribution in [-0.4, -0.2) is 38.2 Å². The summed E-state index contributed by atoms with van der Waals surface area (Å²) in [4.78, 5) is 13.6. The van der Waals surface area contributed by atoms with E-state index in [0.717, 1.165) is 99.8 Å². The molecule has 7 rings (SSSR count). The van der Waals surface area contributed by atoms with E-state index in [1.807, 2.05) is 0 Å². The predicted octanol–water partition coefficient (Wildman–Crippen LogP) is 2.86. The molecule has 0 radical (unpaired) electrons. The Kier molecular flexibility index (Phi) is 4.41. The maximum absolute atomic E-state index is 13.6. The van der Waals surface area contributed by atoms with Crippen LogP contribution in [0.25, 0.3) is 5.31 Å². The van der Waals surface area contributed by atoms with Crippen LogP contribution in [0.15, 0.2) is 12.1 Å². The van der Waals surface area contributed by atoms with Gasteiger partial charge in [-0.05, 0) is 56.2 Å². The third kappa shape index (κ3) is 2.81. The van der Waals surface area contributed by atoms with Gasteiger partial charge in [-0.15, -0.1) is 0 Å². The van der Waals surface area contributed by atoms with Crippen molar-refractivity contribution in [1.29, 1.82) is 0 Å². The highest BCUT2D eigenvalue weighted by Crippen LogP contribution is 2.59. The first-order valence-electron chi connectivity index (χ1n) is 12.4. The number of anilines is 1. The van der Waals surface area contributed by atoms with Crippen molar-refractivity contribution >= 4 is 18.6 Å². The lowest BCUT2D eigenvalue weighted by atomic mass is 9.87. The number of ether oxygens (including phenoxy) is 1. The van der Waals surface area contributed by atoms with Gasteiger partial charge >= 0.3 is 7.60 Å². The van der Waals surface area contributed by atoms with Gasteiger partial charge in [0.25, 0.3) is 0 Å². The van der Waals surface area contributed by atoms with Gasteiger partial charge in [-0.3, -0.25) is 4.57 Å². The van der Waals surface area contributed by atoms with E-state index in [2.05, 4.69) is 21.6 Å².